The van der Waals surface area contributed by atoms with Crippen LogP contribution < -0.4 is 15.4 Å². The van der Waals surface area contributed by atoms with E-state index in [0.717, 1.165) is 32.1 Å². The minimum atomic E-state index is -0.703. The van der Waals surface area contributed by atoms with Crippen LogP contribution in [0.15, 0.2) is 34.8 Å². The second-order valence-electron chi connectivity index (χ2n) is 5.55. The Bertz CT molecular complexity index is 612. The van der Waals surface area contributed by atoms with Crippen molar-refractivity contribution in [2.45, 2.75) is 19.8 Å². The van der Waals surface area contributed by atoms with Gasteiger partial charge in [0.15, 0.2) is 17.5 Å². The van der Waals surface area contributed by atoms with Crippen LogP contribution in [0.2, 0.25) is 0 Å². The Morgan fingerprint density at radius 3 is 2.85 bits per heavy atom. The number of aliphatic imine (C=N–C) groups is 1. The molecule has 2 N–H and O–H groups in total. The van der Waals surface area contributed by atoms with E-state index in [2.05, 4.69) is 21.7 Å². The van der Waals surface area contributed by atoms with Crippen molar-refractivity contribution in [3.63, 3.8) is 0 Å². The molecule has 0 unspecified atom stereocenters. The number of nitrogens with zero attached hydrogens (tertiary/aromatic N) is 1. The summed E-state index contributed by atoms with van der Waals surface area (Å²) in [6, 6.07) is 3.26. The summed E-state index contributed by atoms with van der Waals surface area (Å²) in [4.78, 5) is 4.51. The van der Waals surface area contributed by atoms with E-state index in [0.29, 0.717) is 25.7 Å². The first-order chi connectivity index (χ1) is 12.2. The fourth-order valence-electron chi connectivity index (χ4n) is 2.37. The van der Waals surface area contributed by atoms with E-state index in [9.17, 15) is 8.78 Å². The molecule has 0 aromatic heterocycles. The third kappa shape index (κ3) is 8.31. The van der Waals surface area contributed by atoms with Crippen molar-refractivity contribution in [3.8, 4) is 5.75 Å². The standard InChI is InChI=1S/C18H25F2N3O2.HI/c1-2-21-18(22-8-5-14-6-10-24-11-7-14)23-9-12-25-17-4-3-15(19)13-16(17)20;/h3-4,6,13H,2,5,7-12H2,1H3,(H2,21,22,23);1H. The van der Waals surface area contributed by atoms with Crippen molar-refractivity contribution in [1.29, 1.82) is 0 Å². The zero-order chi connectivity index (χ0) is 17.9. The predicted octanol–water partition coefficient (Wildman–Crippen LogP) is 3.25. The van der Waals surface area contributed by atoms with Crippen LogP contribution in [0.3, 0.4) is 0 Å². The molecule has 1 aromatic rings. The van der Waals surface area contributed by atoms with Gasteiger partial charge in [-0.25, -0.2) is 8.78 Å². The van der Waals surface area contributed by atoms with Crippen LogP contribution in [0.1, 0.15) is 19.8 Å². The summed E-state index contributed by atoms with van der Waals surface area (Å²) in [7, 11) is 0. The van der Waals surface area contributed by atoms with E-state index in [1.165, 1.54) is 17.7 Å². The molecule has 8 heteroatoms. The molecule has 0 bridgehead atoms. The molecular weight excluding hydrogens is 455 g/mol. The first-order valence-corrected chi connectivity index (χ1v) is 8.54. The highest BCUT2D eigenvalue weighted by molar-refractivity contribution is 14.0. The van der Waals surface area contributed by atoms with Gasteiger partial charge < -0.3 is 20.1 Å². The van der Waals surface area contributed by atoms with Gasteiger partial charge in [-0.3, -0.25) is 4.99 Å². The molecule has 1 aliphatic heterocycles. The van der Waals surface area contributed by atoms with Crippen LogP contribution in [0.4, 0.5) is 8.78 Å². The van der Waals surface area contributed by atoms with Gasteiger partial charge in [0.25, 0.3) is 0 Å². The highest BCUT2D eigenvalue weighted by Gasteiger charge is 2.05. The maximum absolute atomic E-state index is 13.5. The molecule has 0 aliphatic carbocycles. The van der Waals surface area contributed by atoms with Gasteiger partial charge >= 0.3 is 0 Å². The molecule has 0 atom stereocenters. The van der Waals surface area contributed by atoms with Gasteiger partial charge in [-0.1, -0.05) is 11.6 Å². The molecule has 26 heavy (non-hydrogen) atoms. The molecule has 1 aliphatic rings. The number of benzene rings is 1. The monoisotopic (exact) mass is 481 g/mol. The summed E-state index contributed by atoms with van der Waals surface area (Å²) in [6.45, 7) is 5.60. The van der Waals surface area contributed by atoms with Crippen LogP contribution in [0.5, 0.6) is 5.75 Å². The maximum atomic E-state index is 13.5. The quantitative estimate of drug-likeness (QED) is 0.197. The lowest BCUT2D eigenvalue weighted by Gasteiger charge is -2.14. The molecule has 0 spiro atoms. The highest BCUT2D eigenvalue weighted by Crippen LogP contribution is 2.17. The van der Waals surface area contributed by atoms with Crippen molar-refractivity contribution in [3.05, 3.63) is 41.5 Å². The van der Waals surface area contributed by atoms with Crippen molar-refractivity contribution < 1.29 is 18.3 Å². The first kappa shape index (κ1) is 22.6. The largest absolute Gasteiger partial charge is 0.489 e. The fraction of sp³-hybridized carbons (Fsp3) is 0.500. The molecule has 146 valence electrons. The van der Waals surface area contributed by atoms with Gasteiger partial charge in [0, 0.05) is 19.2 Å². The lowest BCUT2D eigenvalue weighted by Crippen LogP contribution is -2.39. The van der Waals surface area contributed by atoms with Gasteiger partial charge in [0.05, 0.1) is 19.8 Å². The van der Waals surface area contributed by atoms with Crippen molar-refractivity contribution in [1.82, 2.24) is 10.6 Å². The van der Waals surface area contributed by atoms with E-state index in [4.69, 9.17) is 9.47 Å². The van der Waals surface area contributed by atoms with Gasteiger partial charge in [-0.05, 0) is 31.9 Å². The van der Waals surface area contributed by atoms with Gasteiger partial charge in [-0.15, -0.1) is 24.0 Å². The molecule has 0 saturated heterocycles. The van der Waals surface area contributed by atoms with E-state index in [1.807, 2.05) is 6.92 Å². The number of rotatable bonds is 8. The molecule has 1 heterocycles. The summed E-state index contributed by atoms with van der Waals surface area (Å²) in [5.41, 5.74) is 1.38. The average molecular weight is 481 g/mol. The van der Waals surface area contributed by atoms with Crippen molar-refractivity contribution in [2.24, 2.45) is 4.99 Å². The van der Waals surface area contributed by atoms with Crippen molar-refractivity contribution >= 4 is 29.9 Å². The molecule has 0 radical (unpaired) electrons. The van der Waals surface area contributed by atoms with Gasteiger partial charge in [-0.2, -0.15) is 0 Å². The maximum Gasteiger partial charge on any atom is 0.191 e. The molecular formula is C18H26F2IN3O2. The Hall–Kier alpha value is -1.42. The third-order valence-corrected chi connectivity index (χ3v) is 3.65. The zero-order valence-electron chi connectivity index (χ0n) is 14.9. The summed E-state index contributed by atoms with van der Waals surface area (Å²) < 4.78 is 36.9. The van der Waals surface area contributed by atoms with Crippen LogP contribution in [0, 0.1) is 11.6 Å². The van der Waals surface area contributed by atoms with E-state index >= 15 is 0 Å². The number of guanidine groups is 1. The van der Waals surface area contributed by atoms with Crippen LogP contribution in [-0.2, 0) is 4.74 Å². The van der Waals surface area contributed by atoms with E-state index < -0.39 is 11.6 Å². The Balaban J connectivity index is 0.00000338. The average Bonchev–Trinajstić information content (AvgIpc) is 2.61. The third-order valence-electron chi connectivity index (χ3n) is 3.65. The van der Waals surface area contributed by atoms with Crippen LogP contribution >= 0.6 is 24.0 Å². The van der Waals surface area contributed by atoms with Crippen molar-refractivity contribution in [2.75, 3.05) is 39.5 Å². The smallest absolute Gasteiger partial charge is 0.191 e. The zero-order valence-corrected chi connectivity index (χ0v) is 17.2. The second kappa shape index (κ2) is 12.9. The van der Waals surface area contributed by atoms with Crippen LogP contribution in [-0.4, -0.2) is 45.4 Å². The fourth-order valence-corrected chi connectivity index (χ4v) is 2.37. The normalized spacial score (nSPS) is 14.3. The lowest BCUT2D eigenvalue weighted by molar-refractivity contribution is 0.153. The van der Waals surface area contributed by atoms with E-state index in [1.54, 1.807) is 0 Å². The molecule has 0 amide bonds. The van der Waals surface area contributed by atoms with Gasteiger partial charge in [0.2, 0.25) is 0 Å². The van der Waals surface area contributed by atoms with E-state index in [-0.39, 0.29) is 36.3 Å². The molecule has 2 rings (SSSR count). The topological polar surface area (TPSA) is 54.9 Å². The number of ether oxygens (including phenoxy) is 2. The minimum absolute atomic E-state index is 0. The predicted molar refractivity (Wildman–Crippen MR) is 109 cm³/mol. The Kier molecular flexibility index (Phi) is 11.2. The highest BCUT2D eigenvalue weighted by atomic mass is 127. The Morgan fingerprint density at radius 1 is 1.31 bits per heavy atom. The molecule has 0 saturated carbocycles. The summed E-state index contributed by atoms with van der Waals surface area (Å²) in [5.74, 6) is -0.593. The minimum Gasteiger partial charge on any atom is -0.489 e. The van der Waals surface area contributed by atoms with Crippen LogP contribution in [0.25, 0.3) is 0 Å². The molecule has 5 nitrogen and oxygen atoms in total. The Morgan fingerprint density at radius 2 is 2.15 bits per heavy atom. The summed E-state index contributed by atoms with van der Waals surface area (Å²) >= 11 is 0. The number of hydrogen-bond donors (Lipinski definition) is 2. The number of halogens is 3. The summed E-state index contributed by atoms with van der Waals surface area (Å²) in [6.07, 6.45) is 4.00. The number of nitrogens with one attached hydrogen (secondary N) is 2. The molecule has 0 fully saturated rings. The SMILES string of the molecule is CCNC(=NCCC1=CCOCC1)NCCOc1ccc(F)cc1F.I. The second-order valence-corrected chi connectivity index (χ2v) is 5.55. The lowest BCUT2D eigenvalue weighted by atomic mass is 10.1. The van der Waals surface area contributed by atoms with Gasteiger partial charge in [0.1, 0.15) is 12.4 Å². The Labute approximate surface area is 170 Å². The molecule has 1 aromatic carbocycles. The first-order valence-electron chi connectivity index (χ1n) is 8.54. The summed E-state index contributed by atoms with van der Waals surface area (Å²) in [5, 5.41) is 6.29. The number of hydrogen-bond acceptors (Lipinski definition) is 3.